The molecule has 4 nitrogen and oxygen atoms in total. The maximum atomic E-state index is 5.57. The minimum absolute atomic E-state index is 0.518. The Morgan fingerprint density at radius 3 is 2.75 bits per heavy atom. The summed E-state index contributed by atoms with van der Waals surface area (Å²) in [4.78, 5) is 8.48. The van der Waals surface area contributed by atoms with E-state index in [4.69, 9.17) is 4.74 Å². The monoisotopic (exact) mass is 277 g/mol. The molecular weight excluding hydrogens is 250 g/mol. The van der Waals surface area contributed by atoms with Gasteiger partial charge in [0.2, 0.25) is 5.88 Å². The lowest BCUT2D eigenvalue weighted by Gasteiger charge is -2.30. The van der Waals surface area contributed by atoms with Crippen LogP contribution in [0.5, 0.6) is 5.88 Å². The SMILES string of the molecule is CCCOc1cc(NC(CC)C2CCCCC2)ncn1. The van der Waals surface area contributed by atoms with E-state index in [2.05, 4.69) is 29.1 Å². The maximum Gasteiger partial charge on any atom is 0.218 e. The molecule has 0 aliphatic heterocycles. The Balaban J connectivity index is 1.95. The van der Waals surface area contributed by atoms with Gasteiger partial charge in [0.25, 0.3) is 0 Å². The highest BCUT2D eigenvalue weighted by atomic mass is 16.5. The molecule has 0 saturated heterocycles. The van der Waals surface area contributed by atoms with Crippen molar-refractivity contribution in [2.24, 2.45) is 5.92 Å². The third-order valence-corrected chi connectivity index (χ3v) is 4.09. The van der Waals surface area contributed by atoms with Gasteiger partial charge in [-0.3, -0.25) is 0 Å². The van der Waals surface area contributed by atoms with Crippen molar-refractivity contribution in [2.75, 3.05) is 11.9 Å². The Labute approximate surface area is 122 Å². The summed E-state index contributed by atoms with van der Waals surface area (Å²) < 4.78 is 5.57. The number of anilines is 1. The molecule has 1 aromatic heterocycles. The van der Waals surface area contributed by atoms with Crippen LogP contribution >= 0.6 is 0 Å². The first-order valence-corrected chi connectivity index (χ1v) is 8.04. The molecule has 1 N–H and O–H groups in total. The third kappa shape index (κ3) is 4.36. The van der Waals surface area contributed by atoms with Crippen LogP contribution < -0.4 is 10.1 Å². The molecule has 1 aromatic rings. The Hall–Kier alpha value is -1.32. The molecule has 1 heterocycles. The molecule has 0 aromatic carbocycles. The number of rotatable bonds is 7. The van der Waals surface area contributed by atoms with Crippen molar-refractivity contribution in [1.29, 1.82) is 0 Å². The van der Waals surface area contributed by atoms with Crippen LogP contribution in [0, 0.1) is 5.92 Å². The van der Waals surface area contributed by atoms with E-state index in [9.17, 15) is 0 Å². The molecule has 0 radical (unpaired) electrons. The van der Waals surface area contributed by atoms with Crippen LogP contribution in [0.15, 0.2) is 12.4 Å². The Kier molecular flexibility index (Phi) is 6.09. The van der Waals surface area contributed by atoms with Crippen LogP contribution in [0.2, 0.25) is 0 Å². The van der Waals surface area contributed by atoms with Crippen molar-refractivity contribution in [3.63, 3.8) is 0 Å². The average molecular weight is 277 g/mol. The van der Waals surface area contributed by atoms with Gasteiger partial charge in [-0.25, -0.2) is 9.97 Å². The van der Waals surface area contributed by atoms with Gasteiger partial charge in [0, 0.05) is 12.1 Å². The largest absolute Gasteiger partial charge is 0.478 e. The van der Waals surface area contributed by atoms with Gasteiger partial charge in [-0.05, 0) is 31.6 Å². The van der Waals surface area contributed by atoms with Gasteiger partial charge in [0.15, 0.2) is 0 Å². The minimum atomic E-state index is 0.518. The fourth-order valence-corrected chi connectivity index (χ4v) is 2.98. The number of nitrogens with zero attached hydrogens (tertiary/aromatic N) is 2. The van der Waals surface area contributed by atoms with Crippen molar-refractivity contribution in [1.82, 2.24) is 9.97 Å². The van der Waals surface area contributed by atoms with Crippen molar-refractivity contribution in [3.8, 4) is 5.88 Å². The van der Waals surface area contributed by atoms with Crippen LogP contribution in [0.3, 0.4) is 0 Å². The van der Waals surface area contributed by atoms with Gasteiger partial charge in [-0.1, -0.05) is 33.1 Å². The average Bonchev–Trinajstić information content (AvgIpc) is 2.52. The number of nitrogens with one attached hydrogen (secondary N) is 1. The summed E-state index contributed by atoms with van der Waals surface area (Å²) in [7, 11) is 0. The summed E-state index contributed by atoms with van der Waals surface area (Å²) in [5, 5.41) is 3.58. The lowest BCUT2D eigenvalue weighted by atomic mass is 9.83. The normalized spacial score (nSPS) is 17.7. The second-order valence-corrected chi connectivity index (χ2v) is 5.65. The van der Waals surface area contributed by atoms with Crippen LogP contribution in [-0.4, -0.2) is 22.6 Å². The van der Waals surface area contributed by atoms with Gasteiger partial charge in [0.1, 0.15) is 12.1 Å². The molecule has 1 aliphatic rings. The second-order valence-electron chi connectivity index (χ2n) is 5.65. The van der Waals surface area contributed by atoms with Crippen molar-refractivity contribution in [3.05, 3.63) is 12.4 Å². The van der Waals surface area contributed by atoms with Gasteiger partial charge < -0.3 is 10.1 Å². The maximum absolute atomic E-state index is 5.57. The highest BCUT2D eigenvalue weighted by Crippen LogP contribution is 2.29. The molecule has 1 saturated carbocycles. The molecule has 1 unspecified atom stereocenters. The molecule has 1 aliphatic carbocycles. The van der Waals surface area contributed by atoms with Crippen LogP contribution in [-0.2, 0) is 0 Å². The molecule has 1 fully saturated rings. The number of hydrogen-bond donors (Lipinski definition) is 1. The van der Waals surface area contributed by atoms with Crippen molar-refractivity contribution < 1.29 is 4.74 Å². The van der Waals surface area contributed by atoms with Crippen molar-refractivity contribution >= 4 is 5.82 Å². The van der Waals surface area contributed by atoms with Gasteiger partial charge >= 0.3 is 0 Å². The molecule has 2 rings (SSSR count). The summed E-state index contributed by atoms with van der Waals surface area (Å²) in [6, 6.07) is 2.44. The smallest absolute Gasteiger partial charge is 0.218 e. The van der Waals surface area contributed by atoms with Crippen LogP contribution in [0.25, 0.3) is 0 Å². The topological polar surface area (TPSA) is 47.0 Å². The molecule has 1 atom stereocenters. The lowest BCUT2D eigenvalue weighted by molar-refractivity contribution is 0.303. The summed E-state index contributed by atoms with van der Waals surface area (Å²) >= 11 is 0. The molecule has 0 bridgehead atoms. The highest BCUT2D eigenvalue weighted by molar-refractivity contribution is 5.38. The molecule has 0 amide bonds. The fraction of sp³-hybridized carbons (Fsp3) is 0.750. The summed E-state index contributed by atoms with van der Waals surface area (Å²) in [5.41, 5.74) is 0. The zero-order chi connectivity index (χ0) is 14.2. The Bertz CT molecular complexity index is 391. The van der Waals surface area contributed by atoms with Crippen molar-refractivity contribution in [2.45, 2.75) is 64.8 Å². The standard InChI is InChI=1S/C16H27N3O/c1-3-10-20-16-11-15(17-12-18-16)19-14(4-2)13-8-6-5-7-9-13/h11-14H,3-10H2,1-2H3,(H,17,18,19). The zero-order valence-electron chi connectivity index (χ0n) is 12.8. The molecule has 0 spiro atoms. The molecule has 20 heavy (non-hydrogen) atoms. The Morgan fingerprint density at radius 2 is 2.05 bits per heavy atom. The van der Waals surface area contributed by atoms with E-state index >= 15 is 0 Å². The van der Waals surface area contributed by atoms with Gasteiger partial charge in [-0.15, -0.1) is 0 Å². The van der Waals surface area contributed by atoms with Gasteiger partial charge in [-0.2, -0.15) is 0 Å². The Morgan fingerprint density at radius 1 is 1.25 bits per heavy atom. The first-order valence-electron chi connectivity index (χ1n) is 8.04. The molecule has 4 heteroatoms. The lowest BCUT2D eigenvalue weighted by Crippen LogP contribution is -2.30. The first-order chi connectivity index (χ1) is 9.83. The highest BCUT2D eigenvalue weighted by Gasteiger charge is 2.22. The first kappa shape index (κ1) is 15.1. The van der Waals surface area contributed by atoms with E-state index in [1.165, 1.54) is 32.1 Å². The third-order valence-electron chi connectivity index (χ3n) is 4.09. The number of hydrogen-bond acceptors (Lipinski definition) is 4. The van der Waals surface area contributed by atoms with Crippen LogP contribution in [0.1, 0.15) is 58.8 Å². The summed E-state index contributed by atoms with van der Waals surface area (Å²) in [6.45, 7) is 5.05. The predicted octanol–water partition coefficient (Wildman–Crippen LogP) is 4.04. The minimum Gasteiger partial charge on any atom is -0.478 e. The van der Waals surface area contributed by atoms with E-state index in [1.54, 1.807) is 6.33 Å². The van der Waals surface area contributed by atoms with E-state index < -0.39 is 0 Å². The number of aromatic nitrogens is 2. The summed E-state index contributed by atoms with van der Waals surface area (Å²) in [6.07, 6.45) is 10.5. The van der Waals surface area contributed by atoms with E-state index in [1.807, 2.05) is 6.07 Å². The second kappa shape index (κ2) is 8.08. The fourth-order valence-electron chi connectivity index (χ4n) is 2.98. The van der Waals surface area contributed by atoms with Gasteiger partial charge in [0.05, 0.1) is 6.61 Å². The van der Waals surface area contributed by atoms with E-state index in [0.717, 1.165) is 24.6 Å². The summed E-state index contributed by atoms with van der Waals surface area (Å²) in [5.74, 6) is 2.34. The zero-order valence-corrected chi connectivity index (χ0v) is 12.8. The molecule has 112 valence electrons. The quantitative estimate of drug-likeness (QED) is 0.817. The predicted molar refractivity (Wildman–Crippen MR) is 82.1 cm³/mol. The molecular formula is C16H27N3O. The van der Waals surface area contributed by atoms with E-state index in [0.29, 0.717) is 18.5 Å². The number of ether oxygens (including phenoxy) is 1. The van der Waals surface area contributed by atoms with Crippen LogP contribution in [0.4, 0.5) is 5.82 Å². The van der Waals surface area contributed by atoms with E-state index in [-0.39, 0.29) is 0 Å².